The number of hydrogen-bond acceptors (Lipinski definition) is 3. The maximum Gasteiger partial charge on any atom is 0.162 e. The minimum absolute atomic E-state index is 0.696. The predicted octanol–water partition coefficient (Wildman–Crippen LogP) is 3.34. The van der Waals surface area contributed by atoms with Crippen molar-refractivity contribution >= 4 is 0 Å². The first-order chi connectivity index (χ1) is 9.51. The quantitative estimate of drug-likeness (QED) is 0.900. The van der Waals surface area contributed by atoms with Crippen LogP contribution < -0.4 is 4.74 Å². The van der Waals surface area contributed by atoms with E-state index < -0.39 is 5.60 Å². The first kappa shape index (κ1) is 15.4. The molecule has 4 nitrogen and oxygen atoms in total. The normalized spacial score (nSPS) is 27.0. The van der Waals surface area contributed by atoms with Crippen molar-refractivity contribution in [2.75, 3.05) is 7.11 Å². The van der Waals surface area contributed by atoms with Crippen molar-refractivity contribution in [3.8, 4) is 5.75 Å². The van der Waals surface area contributed by atoms with Crippen LogP contribution in [-0.4, -0.2) is 22.0 Å². The summed E-state index contributed by atoms with van der Waals surface area (Å²) in [4.78, 5) is 0. The Morgan fingerprint density at radius 3 is 2.60 bits per heavy atom. The number of ether oxygens (including phenoxy) is 1. The first-order valence-electron chi connectivity index (χ1n) is 7.84. The van der Waals surface area contributed by atoms with Gasteiger partial charge in [0, 0.05) is 6.54 Å². The van der Waals surface area contributed by atoms with Crippen molar-refractivity contribution in [3.05, 3.63) is 11.9 Å². The Morgan fingerprint density at radius 1 is 1.45 bits per heavy atom. The molecule has 0 spiro atoms. The van der Waals surface area contributed by atoms with E-state index in [0.29, 0.717) is 5.92 Å². The standard InChI is InChI=1S/C16H28N2O2/c1-5-10-18-15(14(20-4)11-17-18)16(19)8-6-13(7-9-16)12(2)3/h11-13,19H,5-10H2,1-4H3. The fourth-order valence-corrected chi connectivity index (χ4v) is 3.39. The third-order valence-electron chi connectivity index (χ3n) is 4.70. The van der Waals surface area contributed by atoms with Crippen LogP contribution in [0.3, 0.4) is 0 Å². The molecule has 1 fully saturated rings. The van der Waals surface area contributed by atoms with Gasteiger partial charge in [0.05, 0.1) is 13.3 Å². The minimum atomic E-state index is -0.775. The number of nitrogens with zero attached hydrogens (tertiary/aromatic N) is 2. The second-order valence-electron chi connectivity index (χ2n) is 6.40. The number of hydrogen-bond donors (Lipinski definition) is 1. The predicted molar refractivity (Wildman–Crippen MR) is 79.8 cm³/mol. The van der Waals surface area contributed by atoms with Gasteiger partial charge in [0.1, 0.15) is 11.3 Å². The summed E-state index contributed by atoms with van der Waals surface area (Å²) in [6.45, 7) is 7.50. The van der Waals surface area contributed by atoms with Gasteiger partial charge in [0.25, 0.3) is 0 Å². The maximum absolute atomic E-state index is 11.1. The summed E-state index contributed by atoms with van der Waals surface area (Å²) in [5.41, 5.74) is 0.103. The highest BCUT2D eigenvalue weighted by Crippen LogP contribution is 2.44. The second kappa shape index (κ2) is 6.17. The van der Waals surface area contributed by atoms with Crippen molar-refractivity contribution < 1.29 is 9.84 Å². The number of aliphatic hydroxyl groups is 1. The highest BCUT2D eigenvalue weighted by molar-refractivity contribution is 5.31. The summed E-state index contributed by atoms with van der Waals surface area (Å²) in [6, 6.07) is 0. The largest absolute Gasteiger partial charge is 0.493 e. The van der Waals surface area contributed by atoms with Crippen LogP contribution in [0.25, 0.3) is 0 Å². The Hall–Kier alpha value is -1.03. The monoisotopic (exact) mass is 280 g/mol. The molecule has 4 heteroatoms. The van der Waals surface area contributed by atoms with Gasteiger partial charge in [-0.15, -0.1) is 0 Å². The molecule has 0 bridgehead atoms. The molecule has 0 aromatic carbocycles. The zero-order chi connectivity index (χ0) is 14.8. The zero-order valence-corrected chi connectivity index (χ0v) is 13.2. The highest BCUT2D eigenvalue weighted by atomic mass is 16.5. The molecule has 1 aromatic heterocycles. The van der Waals surface area contributed by atoms with E-state index in [1.807, 2.05) is 4.68 Å². The highest BCUT2D eigenvalue weighted by Gasteiger charge is 2.40. The van der Waals surface area contributed by atoms with Crippen molar-refractivity contribution in [1.82, 2.24) is 9.78 Å². The van der Waals surface area contributed by atoms with Crippen LogP contribution in [0.2, 0.25) is 0 Å². The lowest BCUT2D eigenvalue weighted by Crippen LogP contribution is -2.35. The average Bonchev–Trinajstić information content (AvgIpc) is 2.83. The lowest BCUT2D eigenvalue weighted by molar-refractivity contribution is -0.0289. The van der Waals surface area contributed by atoms with Gasteiger partial charge in [0.15, 0.2) is 5.75 Å². The molecule has 0 atom stereocenters. The molecule has 20 heavy (non-hydrogen) atoms. The molecule has 0 amide bonds. The molecule has 2 rings (SSSR count). The number of methoxy groups -OCH3 is 1. The Balaban J connectivity index is 2.24. The lowest BCUT2D eigenvalue weighted by atomic mass is 9.73. The summed E-state index contributed by atoms with van der Waals surface area (Å²) in [7, 11) is 1.65. The topological polar surface area (TPSA) is 47.3 Å². The third kappa shape index (κ3) is 2.85. The van der Waals surface area contributed by atoms with Crippen LogP contribution in [0.1, 0.15) is 58.6 Å². The Kier molecular flexibility index (Phi) is 4.74. The van der Waals surface area contributed by atoms with Crippen LogP contribution >= 0.6 is 0 Å². The summed E-state index contributed by atoms with van der Waals surface area (Å²) >= 11 is 0. The molecular weight excluding hydrogens is 252 g/mol. The molecule has 0 saturated heterocycles. The van der Waals surface area contributed by atoms with Gasteiger partial charge in [-0.25, -0.2) is 0 Å². The van der Waals surface area contributed by atoms with Crippen LogP contribution in [0, 0.1) is 11.8 Å². The van der Waals surface area contributed by atoms with Gasteiger partial charge in [-0.2, -0.15) is 5.10 Å². The smallest absolute Gasteiger partial charge is 0.162 e. The fourth-order valence-electron chi connectivity index (χ4n) is 3.39. The summed E-state index contributed by atoms with van der Waals surface area (Å²) in [5, 5.41) is 15.5. The fraction of sp³-hybridized carbons (Fsp3) is 0.812. The van der Waals surface area contributed by atoms with E-state index in [1.54, 1.807) is 13.3 Å². The van der Waals surface area contributed by atoms with Gasteiger partial charge < -0.3 is 9.84 Å². The van der Waals surface area contributed by atoms with Gasteiger partial charge in [-0.1, -0.05) is 20.8 Å². The van der Waals surface area contributed by atoms with Crippen LogP contribution in [0.4, 0.5) is 0 Å². The van der Waals surface area contributed by atoms with Crippen LogP contribution in [-0.2, 0) is 12.1 Å². The van der Waals surface area contributed by atoms with Gasteiger partial charge in [-0.05, 0) is 43.9 Å². The van der Waals surface area contributed by atoms with E-state index in [-0.39, 0.29) is 0 Å². The van der Waals surface area contributed by atoms with E-state index >= 15 is 0 Å². The van der Waals surface area contributed by atoms with Crippen LogP contribution in [0.5, 0.6) is 5.75 Å². The SMILES string of the molecule is CCCn1ncc(OC)c1C1(O)CCC(C(C)C)CC1. The Bertz CT molecular complexity index is 432. The molecule has 1 saturated carbocycles. The third-order valence-corrected chi connectivity index (χ3v) is 4.70. The molecular formula is C16H28N2O2. The second-order valence-corrected chi connectivity index (χ2v) is 6.40. The molecule has 114 valence electrons. The number of aromatic nitrogens is 2. The number of rotatable bonds is 5. The summed E-state index contributed by atoms with van der Waals surface area (Å²) in [6.07, 6.45) is 6.51. The van der Waals surface area contributed by atoms with E-state index in [4.69, 9.17) is 4.74 Å². The first-order valence-corrected chi connectivity index (χ1v) is 7.84. The number of aryl methyl sites for hydroxylation is 1. The molecule has 1 aromatic rings. The van der Waals surface area contributed by atoms with Crippen molar-refractivity contribution in [3.63, 3.8) is 0 Å². The molecule has 0 aliphatic heterocycles. The zero-order valence-electron chi connectivity index (χ0n) is 13.2. The van der Waals surface area contributed by atoms with E-state index in [2.05, 4.69) is 25.9 Å². The average molecular weight is 280 g/mol. The van der Waals surface area contributed by atoms with Gasteiger partial charge in [0.2, 0.25) is 0 Å². The van der Waals surface area contributed by atoms with Crippen molar-refractivity contribution in [2.24, 2.45) is 11.8 Å². The minimum Gasteiger partial charge on any atom is -0.493 e. The van der Waals surface area contributed by atoms with E-state index in [9.17, 15) is 5.11 Å². The molecule has 1 N–H and O–H groups in total. The molecule has 1 heterocycles. The van der Waals surface area contributed by atoms with E-state index in [0.717, 1.165) is 56.0 Å². The lowest BCUT2D eigenvalue weighted by Gasteiger charge is -2.38. The molecule has 0 unspecified atom stereocenters. The van der Waals surface area contributed by atoms with Gasteiger partial charge in [-0.3, -0.25) is 4.68 Å². The van der Waals surface area contributed by atoms with Gasteiger partial charge >= 0.3 is 0 Å². The van der Waals surface area contributed by atoms with Crippen LogP contribution in [0.15, 0.2) is 6.20 Å². The van der Waals surface area contributed by atoms with Crippen molar-refractivity contribution in [2.45, 2.75) is 65.0 Å². The maximum atomic E-state index is 11.1. The molecule has 1 aliphatic carbocycles. The Morgan fingerprint density at radius 2 is 2.10 bits per heavy atom. The van der Waals surface area contributed by atoms with Crippen molar-refractivity contribution in [1.29, 1.82) is 0 Å². The Labute approximate surface area is 122 Å². The summed E-state index contributed by atoms with van der Waals surface area (Å²) < 4.78 is 7.35. The molecule has 1 aliphatic rings. The van der Waals surface area contributed by atoms with E-state index in [1.165, 1.54) is 0 Å². The molecule has 0 radical (unpaired) electrons. The summed E-state index contributed by atoms with van der Waals surface area (Å²) in [5.74, 6) is 2.15.